The molecule has 0 aromatic carbocycles. The van der Waals surface area contributed by atoms with Gasteiger partial charge in [-0.15, -0.1) is 0 Å². The second-order valence-corrected chi connectivity index (χ2v) is 4.38. The van der Waals surface area contributed by atoms with Gasteiger partial charge in [0.1, 0.15) is 6.17 Å². The molecule has 1 aliphatic rings. The summed E-state index contributed by atoms with van der Waals surface area (Å²) in [5.74, 6) is 0. The molecule has 48 valence electrons. The van der Waals surface area contributed by atoms with E-state index in [1.165, 1.54) is 0 Å². The van der Waals surface area contributed by atoms with E-state index >= 15 is 0 Å². The first-order valence-electron chi connectivity index (χ1n) is 2.35. The van der Waals surface area contributed by atoms with Crippen molar-refractivity contribution in [3.05, 3.63) is 0 Å². The Bertz CT molecular complexity index is 184. The highest BCUT2D eigenvalue weighted by Gasteiger charge is 2.45. The van der Waals surface area contributed by atoms with Crippen molar-refractivity contribution in [2.45, 2.75) is 17.8 Å². The third-order valence-electron chi connectivity index (χ3n) is 1.21. The van der Waals surface area contributed by atoms with Crippen LogP contribution in [0.5, 0.6) is 0 Å². The molecular weight excluding hydrogens is 131 g/mol. The fourth-order valence-corrected chi connectivity index (χ4v) is 1.66. The highest BCUT2D eigenvalue weighted by molar-refractivity contribution is 7.91. The largest absolute Gasteiger partial charge is 0.246 e. The Morgan fingerprint density at radius 1 is 1.62 bits per heavy atom. The zero-order valence-corrected chi connectivity index (χ0v) is 5.28. The van der Waals surface area contributed by atoms with E-state index in [0.717, 1.165) is 6.26 Å². The lowest BCUT2D eigenvalue weighted by atomic mass is 10.9. The van der Waals surface area contributed by atoms with Gasteiger partial charge < -0.3 is 0 Å². The van der Waals surface area contributed by atoms with Crippen LogP contribution in [0.1, 0.15) is 6.42 Å². The molecule has 0 saturated heterocycles. The van der Waals surface area contributed by atoms with Crippen molar-refractivity contribution in [3.8, 4) is 0 Å². The highest BCUT2D eigenvalue weighted by atomic mass is 32.2. The van der Waals surface area contributed by atoms with Crippen molar-refractivity contribution in [1.29, 1.82) is 0 Å². The predicted octanol–water partition coefficient (Wildman–Crippen LogP) is 0.141. The van der Waals surface area contributed by atoms with Crippen LogP contribution in [0.15, 0.2) is 0 Å². The minimum Gasteiger partial charge on any atom is -0.246 e. The van der Waals surface area contributed by atoms with Crippen molar-refractivity contribution in [2.75, 3.05) is 6.26 Å². The molecule has 0 aromatic heterocycles. The Kier molecular flexibility index (Phi) is 1.08. The Morgan fingerprint density at radius 3 is 2.00 bits per heavy atom. The van der Waals surface area contributed by atoms with Gasteiger partial charge in [0.2, 0.25) is 0 Å². The molecule has 0 aliphatic heterocycles. The van der Waals surface area contributed by atoms with Crippen molar-refractivity contribution in [2.24, 2.45) is 0 Å². The summed E-state index contributed by atoms with van der Waals surface area (Å²) in [4.78, 5) is 0. The second-order valence-electron chi connectivity index (χ2n) is 2.12. The maximum absolute atomic E-state index is 11.9. The van der Waals surface area contributed by atoms with Crippen molar-refractivity contribution in [1.82, 2.24) is 0 Å². The van der Waals surface area contributed by atoms with Gasteiger partial charge in [0.15, 0.2) is 9.84 Å². The molecule has 0 spiro atoms. The number of hydrogen-bond acceptors (Lipinski definition) is 2. The molecule has 0 aromatic rings. The summed E-state index contributed by atoms with van der Waals surface area (Å²) in [7, 11) is -3.05. The maximum Gasteiger partial charge on any atom is 0.153 e. The van der Waals surface area contributed by atoms with Gasteiger partial charge >= 0.3 is 0 Å². The lowest BCUT2D eigenvalue weighted by molar-refractivity contribution is 0.477. The maximum atomic E-state index is 11.9. The van der Waals surface area contributed by atoms with Gasteiger partial charge in [-0.25, -0.2) is 12.8 Å². The lowest BCUT2D eigenvalue weighted by Crippen LogP contribution is -2.05. The molecule has 0 N–H and O–H groups in total. The van der Waals surface area contributed by atoms with Crippen LogP contribution in [-0.2, 0) is 9.84 Å². The number of alkyl halides is 1. The predicted molar refractivity (Wildman–Crippen MR) is 28.1 cm³/mol. The Labute approximate surface area is 47.6 Å². The molecule has 1 rings (SSSR count). The summed E-state index contributed by atoms with van der Waals surface area (Å²) in [6.45, 7) is 0. The average molecular weight is 138 g/mol. The van der Waals surface area contributed by atoms with Crippen molar-refractivity contribution in [3.63, 3.8) is 0 Å². The standard InChI is InChI=1S/C4H7FO2S/c1-8(6,7)4-2-3(4)5/h3-4H,2H2,1H3. The van der Waals surface area contributed by atoms with Crippen LogP contribution in [0.25, 0.3) is 0 Å². The van der Waals surface area contributed by atoms with Gasteiger partial charge in [0.25, 0.3) is 0 Å². The summed E-state index contributed by atoms with van der Waals surface area (Å²) in [5, 5.41) is -0.678. The topological polar surface area (TPSA) is 34.1 Å². The van der Waals surface area contributed by atoms with Crippen LogP contribution >= 0.6 is 0 Å². The summed E-state index contributed by atoms with van der Waals surface area (Å²) in [6.07, 6.45) is 0.195. The molecule has 8 heavy (non-hydrogen) atoms. The molecule has 4 heteroatoms. The summed E-state index contributed by atoms with van der Waals surface area (Å²) >= 11 is 0. The van der Waals surface area contributed by atoms with E-state index in [1.807, 2.05) is 0 Å². The minimum atomic E-state index is -3.05. The van der Waals surface area contributed by atoms with Gasteiger partial charge in [-0.2, -0.15) is 0 Å². The molecule has 0 bridgehead atoms. The second kappa shape index (κ2) is 1.43. The van der Waals surface area contributed by atoms with E-state index in [0.29, 0.717) is 0 Å². The summed E-state index contributed by atoms with van der Waals surface area (Å²) < 4.78 is 32.6. The Balaban J connectivity index is 2.66. The van der Waals surface area contributed by atoms with Crippen molar-refractivity contribution >= 4 is 9.84 Å². The molecule has 2 unspecified atom stereocenters. The number of sulfone groups is 1. The zero-order valence-electron chi connectivity index (χ0n) is 4.46. The van der Waals surface area contributed by atoms with Gasteiger partial charge in [-0.1, -0.05) is 0 Å². The van der Waals surface area contributed by atoms with E-state index in [9.17, 15) is 12.8 Å². The van der Waals surface area contributed by atoms with E-state index in [4.69, 9.17) is 0 Å². The molecular formula is C4H7FO2S. The fraction of sp³-hybridized carbons (Fsp3) is 1.00. The highest BCUT2D eigenvalue weighted by Crippen LogP contribution is 2.31. The first-order chi connectivity index (χ1) is 3.52. The number of hydrogen-bond donors (Lipinski definition) is 0. The monoisotopic (exact) mass is 138 g/mol. The van der Waals surface area contributed by atoms with Crippen LogP contribution in [0.2, 0.25) is 0 Å². The molecule has 1 aliphatic carbocycles. The summed E-state index contributed by atoms with van der Waals surface area (Å²) in [5.41, 5.74) is 0. The van der Waals surface area contributed by atoms with Crippen LogP contribution in [0.4, 0.5) is 4.39 Å². The zero-order chi connectivity index (χ0) is 6.36. The number of halogens is 1. The average Bonchev–Trinajstić information content (AvgIpc) is 2.13. The van der Waals surface area contributed by atoms with E-state index < -0.39 is 21.3 Å². The lowest BCUT2D eigenvalue weighted by Gasteiger charge is -1.86. The van der Waals surface area contributed by atoms with E-state index in [-0.39, 0.29) is 6.42 Å². The molecule has 1 saturated carbocycles. The van der Waals surface area contributed by atoms with Gasteiger partial charge in [-0.3, -0.25) is 0 Å². The number of rotatable bonds is 1. The quantitative estimate of drug-likeness (QED) is 0.516. The van der Waals surface area contributed by atoms with Gasteiger partial charge in [-0.05, 0) is 6.42 Å². The van der Waals surface area contributed by atoms with E-state index in [2.05, 4.69) is 0 Å². The SMILES string of the molecule is CS(=O)(=O)C1CC1F. The Hall–Kier alpha value is -0.120. The molecule has 0 heterocycles. The van der Waals surface area contributed by atoms with Crippen LogP contribution < -0.4 is 0 Å². The molecule has 2 nitrogen and oxygen atoms in total. The van der Waals surface area contributed by atoms with Crippen LogP contribution in [0.3, 0.4) is 0 Å². The first-order valence-corrected chi connectivity index (χ1v) is 4.30. The summed E-state index contributed by atoms with van der Waals surface area (Å²) in [6, 6.07) is 0. The van der Waals surface area contributed by atoms with Crippen molar-refractivity contribution < 1.29 is 12.8 Å². The molecule has 0 amide bonds. The van der Waals surface area contributed by atoms with E-state index in [1.54, 1.807) is 0 Å². The van der Waals surface area contributed by atoms with Gasteiger partial charge in [0, 0.05) is 6.26 Å². The molecule has 2 atom stereocenters. The Morgan fingerprint density at radius 2 is 2.00 bits per heavy atom. The fourth-order valence-electron chi connectivity index (χ4n) is 0.586. The molecule has 0 radical (unpaired) electrons. The third kappa shape index (κ3) is 0.992. The van der Waals surface area contributed by atoms with Gasteiger partial charge in [0.05, 0.1) is 5.25 Å². The van der Waals surface area contributed by atoms with Crippen LogP contribution in [0, 0.1) is 0 Å². The molecule has 1 fully saturated rings. The van der Waals surface area contributed by atoms with Crippen LogP contribution in [-0.4, -0.2) is 26.1 Å². The first kappa shape index (κ1) is 6.01. The normalized spacial score (nSPS) is 37.2. The minimum absolute atomic E-state index is 0.207. The smallest absolute Gasteiger partial charge is 0.153 e. The third-order valence-corrected chi connectivity index (χ3v) is 2.80.